The van der Waals surface area contributed by atoms with Crippen molar-refractivity contribution >= 4 is 54.5 Å². The fourth-order valence-electron chi connectivity index (χ4n) is 8.78. The fraction of sp³-hybridized carbons (Fsp3) is 0. The lowest BCUT2D eigenvalue weighted by Crippen LogP contribution is -2.00. The van der Waals surface area contributed by atoms with Crippen molar-refractivity contribution in [1.29, 1.82) is 0 Å². The van der Waals surface area contributed by atoms with Crippen LogP contribution in [0.4, 0.5) is 0 Å². The smallest absolute Gasteiger partial charge is 0.164 e. The van der Waals surface area contributed by atoms with Gasteiger partial charge in [-0.2, -0.15) is 0 Å². The van der Waals surface area contributed by atoms with E-state index in [4.69, 9.17) is 19.4 Å². The van der Waals surface area contributed by atoms with Gasteiger partial charge >= 0.3 is 0 Å². The summed E-state index contributed by atoms with van der Waals surface area (Å²) in [5.74, 6) is 1.80. The number of para-hydroxylation sites is 1. The van der Waals surface area contributed by atoms with E-state index < -0.39 is 0 Å². The second-order valence-corrected chi connectivity index (χ2v) is 15.2. The van der Waals surface area contributed by atoms with Crippen molar-refractivity contribution in [3.8, 4) is 62.1 Å². The Morgan fingerprint density at radius 1 is 0.333 bits per heavy atom. The van der Waals surface area contributed by atoms with Crippen LogP contribution in [0, 0.1) is 0 Å². The van der Waals surface area contributed by atoms with Crippen molar-refractivity contribution < 1.29 is 4.42 Å². The summed E-state index contributed by atoms with van der Waals surface area (Å²) in [6.07, 6.45) is 0. The molecule has 0 saturated carbocycles. The van der Waals surface area contributed by atoms with Gasteiger partial charge in [0.2, 0.25) is 0 Å². The lowest BCUT2D eigenvalue weighted by molar-refractivity contribution is 0.668. The lowest BCUT2D eigenvalue weighted by atomic mass is 9.98. The van der Waals surface area contributed by atoms with Crippen molar-refractivity contribution in [2.24, 2.45) is 0 Å². The molecule has 0 aliphatic rings. The Labute approximate surface area is 345 Å². The number of hydrogen-bond acceptors (Lipinski definition) is 4. The fourth-order valence-corrected chi connectivity index (χ4v) is 8.78. The molecule has 0 aliphatic carbocycles. The van der Waals surface area contributed by atoms with Gasteiger partial charge in [0, 0.05) is 49.9 Å². The normalized spacial score (nSPS) is 11.7. The van der Waals surface area contributed by atoms with Crippen LogP contribution in [0.1, 0.15) is 0 Å². The largest absolute Gasteiger partial charge is 0.456 e. The number of rotatable bonds is 6. The van der Waals surface area contributed by atoms with E-state index in [-0.39, 0.29) is 0 Å². The maximum Gasteiger partial charge on any atom is 0.164 e. The molecule has 0 N–H and O–H groups in total. The zero-order chi connectivity index (χ0) is 39.6. The summed E-state index contributed by atoms with van der Waals surface area (Å²) in [6, 6.07) is 72.2. The first-order chi connectivity index (χ1) is 29.7. The average Bonchev–Trinajstić information content (AvgIpc) is 3.85. The van der Waals surface area contributed by atoms with Crippen LogP contribution in [-0.2, 0) is 0 Å². The van der Waals surface area contributed by atoms with Crippen LogP contribution in [0.25, 0.3) is 117 Å². The Kier molecular flexibility index (Phi) is 7.78. The molecular formula is C55H34N4O. The lowest BCUT2D eigenvalue weighted by Gasteiger charge is -2.15. The average molecular weight is 767 g/mol. The first-order valence-corrected chi connectivity index (χ1v) is 20.2. The van der Waals surface area contributed by atoms with E-state index in [0.717, 1.165) is 77.6 Å². The number of fused-ring (bicyclic) bond motifs is 7. The Balaban J connectivity index is 1.10. The number of aromatic nitrogens is 4. The third kappa shape index (κ3) is 5.59. The number of nitrogens with zero attached hydrogens (tertiary/aromatic N) is 4. The second-order valence-electron chi connectivity index (χ2n) is 15.2. The summed E-state index contributed by atoms with van der Waals surface area (Å²) in [5.41, 5.74) is 12.1. The molecule has 60 heavy (non-hydrogen) atoms. The Bertz CT molecular complexity index is 3570. The molecule has 0 fully saturated rings. The molecule has 0 saturated heterocycles. The van der Waals surface area contributed by atoms with Gasteiger partial charge in [-0.1, -0.05) is 170 Å². The van der Waals surface area contributed by atoms with Crippen LogP contribution in [0.5, 0.6) is 0 Å². The van der Waals surface area contributed by atoms with Gasteiger partial charge < -0.3 is 8.98 Å². The maximum absolute atomic E-state index is 6.84. The van der Waals surface area contributed by atoms with Crippen LogP contribution >= 0.6 is 0 Å². The molecule has 280 valence electrons. The summed E-state index contributed by atoms with van der Waals surface area (Å²) < 4.78 is 9.24. The molecule has 3 aromatic heterocycles. The molecular weight excluding hydrogens is 733 g/mol. The van der Waals surface area contributed by atoms with E-state index in [1.807, 2.05) is 48.5 Å². The monoisotopic (exact) mass is 766 g/mol. The second kappa shape index (κ2) is 13.8. The highest BCUT2D eigenvalue weighted by Gasteiger charge is 2.22. The van der Waals surface area contributed by atoms with E-state index in [9.17, 15) is 0 Å². The van der Waals surface area contributed by atoms with Crippen LogP contribution in [0.2, 0.25) is 0 Å². The molecule has 0 amide bonds. The first-order valence-electron chi connectivity index (χ1n) is 20.2. The molecule has 0 spiro atoms. The Morgan fingerprint density at radius 3 is 1.63 bits per heavy atom. The van der Waals surface area contributed by atoms with Gasteiger partial charge in [0.25, 0.3) is 0 Å². The Hall–Kier alpha value is -8.15. The molecule has 9 aromatic carbocycles. The van der Waals surface area contributed by atoms with E-state index in [0.29, 0.717) is 17.5 Å². The predicted molar refractivity (Wildman–Crippen MR) is 246 cm³/mol. The van der Waals surface area contributed by atoms with E-state index in [2.05, 4.69) is 162 Å². The molecule has 0 aliphatic heterocycles. The maximum atomic E-state index is 6.84. The standard InChI is InChI=1S/C55H34N4O/c1-4-15-35(16-5-1)36-27-29-39(30-28-36)54-56-53(38-19-8-3-9-20-38)57-55(58-54)43-24-14-26-50-52(43)46-33-44(37-17-6-2-7-18-37)49(34-51(46)60-50)59-47-25-13-12-23-42(47)45-31-40-21-10-11-22-41(40)32-48(45)59/h1-34H. The van der Waals surface area contributed by atoms with Crippen molar-refractivity contribution in [1.82, 2.24) is 19.5 Å². The van der Waals surface area contributed by atoms with Crippen molar-refractivity contribution in [3.63, 3.8) is 0 Å². The number of hydrogen-bond donors (Lipinski definition) is 0. The minimum Gasteiger partial charge on any atom is -0.456 e. The van der Waals surface area contributed by atoms with Gasteiger partial charge in [0.1, 0.15) is 11.2 Å². The highest BCUT2D eigenvalue weighted by Crippen LogP contribution is 2.43. The number of furan rings is 1. The van der Waals surface area contributed by atoms with Gasteiger partial charge in [-0.3, -0.25) is 0 Å². The third-order valence-electron chi connectivity index (χ3n) is 11.6. The highest BCUT2D eigenvalue weighted by molar-refractivity contribution is 6.16. The molecule has 5 heteroatoms. The molecule has 0 unspecified atom stereocenters. The van der Waals surface area contributed by atoms with Gasteiger partial charge in [-0.25, -0.2) is 15.0 Å². The summed E-state index contributed by atoms with van der Waals surface area (Å²) in [5, 5.41) is 6.79. The first kappa shape index (κ1) is 33.9. The van der Waals surface area contributed by atoms with E-state index in [1.54, 1.807) is 0 Å². The zero-order valence-electron chi connectivity index (χ0n) is 32.3. The van der Waals surface area contributed by atoms with Gasteiger partial charge in [-0.05, 0) is 57.8 Å². The molecule has 3 heterocycles. The highest BCUT2D eigenvalue weighted by atomic mass is 16.3. The molecule has 0 bridgehead atoms. The van der Waals surface area contributed by atoms with Crippen LogP contribution in [-0.4, -0.2) is 19.5 Å². The van der Waals surface area contributed by atoms with E-state index >= 15 is 0 Å². The van der Waals surface area contributed by atoms with Crippen molar-refractivity contribution in [3.05, 3.63) is 206 Å². The van der Waals surface area contributed by atoms with Crippen LogP contribution in [0.3, 0.4) is 0 Å². The summed E-state index contributed by atoms with van der Waals surface area (Å²) in [7, 11) is 0. The molecule has 0 atom stereocenters. The molecule has 12 aromatic rings. The van der Waals surface area contributed by atoms with Crippen LogP contribution in [0.15, 0.2) is 211 Å². The van der Waals surface area contributed by atoms with Crippen LogP contribution < -0.4 is 0 Å². The van der Waals surface area contributed by atoms with Gasteiger partial charge in [0.15, 0.2) is 17.5 Å². The molecule has 5 nitrogen and oxygen atoms in total. The minimum absolute atomic E-state index is 0.582. The number of benzene rings is 9. The summed E-state index contributed by atoms with van der Waals surface area (Å²) >= 11 is 0. The quantitative estimate of drug-likeness (QED) is 0.169. The minimum atomic E-state index is 0.582. The Morgan fingerprint density at radius 2 is 0.900 bits per heavy atom. The van der Waals surface area contributed by atoms with Gasteiger partial charge in [0.05, 0.1) is 16.7 Å². The molecule has 0 radical (unpaired) electrons. The van der Waals surface area contributed by atoms with Crippen molar-refractivity contribution in [2.45, 2.75) is 0 Å². The van der Waals surface area contributed by atoms with E-state index in [1.165, 1.54) is 21.5 Å². The third-order valence-corrected chi connectivity index (χ3v) is 11.6. The predicted octanol–water partition coefficient (Wildman–Crippen LogP) is 14.4. The molecule has 12 rings (SSSR count). The van der Waals surface area contributed by atoms with Crippen molar-refractivity contribution in [2.75, 3.05) is 0 Å². The van der Waals surface area contributed by atoms with Gasteiger partial charge in [-0.15, -0.1) is 0 Å². The summed E-state index contributed by atoms with van der Waals surface area (Å²) in [4.78, 5) is 15.4. The zero-order valence-corrected chi connectivity index (χ0v) is 32.3. The summed E-state index contributed by atoms with van der Waals surface area (Å²) in [6.45, 7) is 0. The SMILES string of the molecule is c1ccc(-c2ccc(-c3nc(-c4ccccc4)nc(-c4cccc5oc6cc(-n7c8ccccc8c8cc9ccccc9cc87)c(-c7ccccc7)cc6c45)n3)cc2)cc1. The topological polar surface area (TPSA) is 56.7 Å².